The van der Waals surface area contributed by atoms with Crippen LogP contribution in [0, 0.1) is 7.14 Å². The summed E-state index contributed by atoms with van der Waals surface area (Å²) in [5, 5.41) is 12.1. The van der Waals surface area contributed by atoms with Crippen molar-refractivity contribution >= 4 is 98.3 Å². The van der Waals surface area contributed by atoms with Gasteiger partial charge in [0.15, 0.2) is 0 Å². The maximum absolute atomic E-state index is 12.8. The predicted molar refractivity (Wildman–Crippen MR) is 144 cm³/mol. The highest BCUT2D eigenvalue weighted by molar-refractivity contribution is 14.1. The van der Waals surface area contributed by atoms with Gasteiger partial charge in [0.1, 0.15) is 11.1 Å². The first-order valence-corrected chi connectivity index (χ1v) is 14.3. The van der Waals surface area contributed by atoms with Crippen molar-refractivity contribution in [3.8, 4) is 0 Å². The average Bonchev–Trinajstić information content (AvgIpc) is 2.75. The van der Waals surface area contributed by atoms with Gasteiger partial charge in [-0.3, -0.25) is 14.5 Å². The van der Waals surface area contributed by atoms with E-state index in [1.165, 1.54) is 40.2 Å². The summed E-state index contributed by atoms with van der Waals surface area (Å²) in [6.45, 7) is 0. The van der Waals surface area contributed by atoms with Gasteiger partial charge in [-0.15, -0.1) is 23.5 Å². The summed E-state index contributed by atoms with van der Waals surface area (Å²) in [5.41, 5.74) is -0.0368. The average molecular weight is 710 g/mol. The number of rotatable bonds is 7. The molecule has 0 radical (unpaired) electrons. The summed E-state index contributed by atoms with van der Waals surface area (Å²) in [6, 6.07) is 15.5. The lowest BCUT2D eigenvalue weighted by atomic mass is 10.1. The number of thioether (sulfide) groups is 3. The third-order valence-corrected chi connectivity index (χ3v) is 11.0. The topological polar surface area (TPSA) is 86.7 Å². The van der Waals surface area contributed by atoms with Crippen LogP contribution in [0.5, 0.6) is 0 Å². The Bertz CT molecular complexity index is 1130. The minimum Gasteiger partial charge on any atom is -0.477 e. The molecule has 2 amide bonds. The largest absolute Gasteiger partial charge is 0.477 e. The molecule has 0 spiro atoms. The number of carboxylic acids is 1. The van der Waals surface area contributed by atoms with Crippen LogP contribution < -0.4 is 5.32 Å². The van der Waals surface area contributed by atoms with Gasteiger partial charge >= 0.3 is 5.97 Å². The van der Waals surface area contributed by atoms with Gasteiger partial charge in [-0.25, -0.2) is 4.79 Å². The summed E-state index contributed by atoms with van der Waals surface area (Å²) in [4.78, 5) is 40.8. The molecule has 2 aliphatic rings. The summed E-state index contributed by atoms with van der Waals surface area (Å²) in [7, 11) is 0. The number of halogens is 2. The molecule has 166 valence electrons. The summed E-state index contributed by atoms with van der Waals surface area (Å²) in [6.07, 6.45) is 0.269. The van der Waals surface area contributed by atoms with Crippen LogP contribution in [-0.4, -0.2) is 44.3 Å². The van der Waals surface area contributed by atoms with Crippen molar-refractivity contribution in [2.24, 2.45) is 0 Å². The number of benzene rings is 2. The normalized spacial score (nSPS) is 19.9. The zero-order chi connectivity index (χ0) is 22.8. The molecule has 2 aromatic rings. The Labute approximate surface area is 225 Å². The molecule has 0 saturated carbocycles. The van der Waals surface area contributed by atoms with E-state index in [0.29, 0.717) is 4.91 Å². The van der Waals surface area contributed by atoms with E-state index in [4.69, 9.17) is 0 Å². The summed E-state index contributed by atoms with van der Waals surface area (Å²) >= 11 is 8.57. The Morgan fingerprint density at radius 2 is 1.72 bits per heavy atom. The van der Waals surface area contributed by atoms with E-state index >= 15 is 0 Å². The SMILES string of the molecule is O=C(CSc1ccccc1I)NC1S[C@@H]2CC(=O)N2C(C(=O)O)=C1Sc1ccccc1I. The maximum atomic E-state index is 12.8. The lowest BCUT2D eigenvalue weighted by Gasteiger charge is -2.46. The van der Waals surface area contributed by atoms with Gasteiger partial charge in [0.25, 0.3) is 0 Å². The van der Waals surface area contributed by atoms with Crippen molar-refractivity contribution in [1.82, 2.24) is 10.2 Å². The minimum absolute atomic E-state index is 0.0368. The lowest BCUT2D eigenvalue weighted by molar-refractivity contribution is -0.146. The fraction of sp³-hybridized carbons (Fsp3) is 0.190. The Kier molecular flexibility index (Phi) is 8.01. The molecule has 4 rings (SSSR count). The van der Waals surface area contributed by atoms with Crippen LogP contribution in [0.4, 0.5) is 0 Å². The molecule has 2 N–H and O–H groups in total. The number of fused-ring (bicyclic) bond motifs is 1. The fourth-order valence-corrected chi connectivity index (χ4v) is 8.14. The van der Waals surface area contributed by atoms with E-state index in [0.717, 1.165) is 16.9 Å². The first-order chi connectivity index (χ1) is 15.3. The van der Waals surface area contributed by atoms with Crippen molar-refractivity contribution in [1.29, 1.82) is 0 Å². The van der Waals surface area contributed by atoms with Crippen LogP contribution in [0.1, 0.15) is 6.42 Å². The highest BCUT2D eigenvalue weighted by Crippen LogP contribution is 2.48. The van der Waals surface area contributed by atoms with Crippen LogP contribution >= 0.6 is 80.5 Å². The number of nitrogens with zero attached hydrogens (tertiary/aromatic N) is 1. The fourth-order valence-electron chi connectivity index (χ4n) is 3.18. The molecule has 0 bridgehead atoms. The molecule has 0 aromatic heterocycles. The first kappa shape index (κ1) is 24.2. The van der Waals surface area contributed by atoms with Crippen molar-refractivity contribution in [2.75, 3.05) is 5.75 Å². The number of nitrogens with one attached hydrogen (secondary N) is 1. The predicted octanol–water partition coefficient (Wildman–Crippen LogP) is 4.82. The standard InChI is InChI=1S/C21H16I2N2O4S3/c22-11-5-1-3-7-13(11)30-10-15(26)24-20-19(31-14-8-4-2-6-12(14)23)18(21(28)29)25-16(27)9-17(25)32-20/h1-8,17,20H,9-10H2,(H,24,26)(H,28,29)/t17-,20?/m1/s1. The lowest BCUT2D eigenvalue weighted by Crippen LogP contribution is -2.57. The Morgan fingerprint density at radius 1 is 1.09 bits per heavy atom. The van der Waals surface area contributed by atoms with E-state index in [1.807, 2.05) is 48.5 Å². The zero-order valence-electron chi connectivity index (χ0n) is 16.3. The van der Waals surface area contributed by atoms with Crippen LogP contribution in [0.2, 0.25) is 0 Å². The second-order valence-corrected chi connectivity index (χ2v) is 12.5. The quantitative estimate of drug-likeness (QED) is 0.242. The van der Waals surface area contributed by atoms with Gasteiger partial charge in [0.2, 0.25) is 11.8 Å². The molecular formula is C21H16I2N2O4S3. The van der Waals surface area contributed by atoms with Gasteiger partial charge in [0, 0.05) is 16.9 Å². The second-order valence-electron chi connectivity index (χ2n) is 6.78. The number of carboxylic acid groups (broad SMARTS) is 1. The number of carbonyl (C=O) groups is 3. The monoisotopic (exact) mass is 710 g/mol. The number of aliphatic carboxylic acids is 1. The van der Waals surface area contributed by atoms with Crippen LogP contribution in [0.15, 0.2) is 68.9 Å². The van der Waals surface area contributed by atoms with E-state index < -0.39 is 11.3 Å². The van der Waals surface area contributed by atoms with Gasteiger partial charge in [-0.1, -0.05) is 36.0 Å². The van der Waals surface area contributed by atoms with Gasteiger partial charge in [-0.05, 0) is 69.4 Å². The minimum atomic E-state index is -1.16. The van der Waals surface area contributed by atoms with Crippen molar-refractivity contribution in [2.45, 2.75) is 27.0 Å². The number of hydrogen-bond donors (Lipinski definition) is 2. The molecular weight excluding hydrogens is 694 g/mol. The highest BCUT2D eigenvalue weighted by Gasteiger charge is 2.49. The zero-order valence-corrected chi connectivity index (χ0v) is 23.1. The van der Waals surface area contributed by atoms with E-state index in [2.05, 4.69) is 50.5 Å². The van der Waals surface area contributed by atoms with Gasteiger partial charge in [0.05, 0.1) is 22.5 Å². The summed E-state index contributed by atoms with van der Waals surface area (Å²) in [5.74, 6) is -1.34. The van der Waals surface area contributed by atoms with Crippen LogP contribution in [0.25, 0.3) is 0 Å². The van der Waals surface area contributed by atoms with Gasteiger partial charge in [-0.2, -0.15) is 0 Å². The second kappa shape index (κ2) is 10.6. The highest BCUT2D eigenvalue weighted by atomic mass is 127. The molecule has 1 saturated heterocycles. The van der Waals surface area contributed by atoms with E-state index in [-0.39, 0.29) is 35.1 Å². The van der Waals surface area contributed by atoms with Crippen molar-refractivity contribution < 1.29 is 19.5 Å². The Balaban J connectivity index is 1.59. The molecule has 0 aliphatic carbocycles. The molecule has 2 heterocycles. The summed E-state index contributed by atoms with van der Waals surface area (Å²) < 4.78 is 2.04. The van der Waals surface area contributed by atoms with Crippen LogP contribution in [-0.2, 0) is 14.4 Å². The first-order valence-electron chi connectivity index (χ1n) is 9.39. The third kappa shape index (κ3) is 5.26. The molecule has 1 fully saturated rings. The number of amides is 2. The van der Waals surface area contributed by atoms with Crippen LogP contribution in [0.3, 0.4) is 0 Å². The smallest absolute Gasteiger partial charge is 0.353 e. The molecule has 32 heavy (non-hydrogen) atoms. The molecule has 6 nitrogen and oxygen atoms in total. The molecule has 2 aliphatic heterocycles. The van der Waals surface area contributed by atoms with E-state index in [1.54, 1.807) is 0 Å². The van der Waals surface area contributed by atoms with Gasteiger partial charge < -0.3 is 10.4 Å². The number of β-lactam (4-membered cyclic amide) rings is 1. The molecule has 1 unspecified atom stereocenters. The number of carbonyl (C=O) groups excluding carboxylic acids is 2. The van der Waals surface area contributed by atoms with E-state index in [9.17, 15) is 19.5 Å². The molecule has 2 atom stereocenters. The Morgan fingerprint density at radius 3 is 2.31 bits per heavy atom. The third-order valence-electron chi connectivity index (χ3n) is 4.66. The maximum Gasteiger partial charge on any atom is 0.353 e. The molecule has 11 heteroatoms. The van der Waals surface area contributed by atoms with Crippen molar-refractivity contribution in [3.05, 3.63) is 66.3 Å². The molecule has 2 aromatic carbocycles. The number of hydrogen-bond acceptors (Lipinski definition) is 6. The van der Waals surface area contributed by atoms with Crippen molar-refractivity contribution in [3.63, 3.8) is 0 Å². The Hall–Kier alpha value is -0.900.